The van der Waals surface area contributed by atoms with E-state index in [2.05, 4.69) is 24.3 Å². The third kappa shape index (κ3) is 3.58. The summed E-state index contributed by atoms with van der Waals surface area (Å²) in [6, 6.07) is 0. The lowest BCUT2D eigenvalue weighted by Crippen LogP contribution is -2.29. The van der Waals surface area contributed by atoms with Gasteiger partial charge in [-0.15, -0.1) is 0 Å². The zero-order chi connectivity index (χ0) is 13.7. The molecule has 1 rings (SSSR count). The summed E-state index contributed by atoms with van der Waals surface area (Å²) in [5.41, 5.74) is 1.30. The van der Waals surface area contributed by atoms with Crippen LogP contribution in [0.3, 0.4) is 0 Å². The molecule has 0 saturated carbocycles. The second-order valence-corrected chi connectivity index (χ2v) is 4.51. The molecule has 0 atom stereocenters. The molecule has 1 aromatic heterocycles. The molecule has 0 aliphatic carbocycles. The summed E-state index contributed by atoms with van der Waals surface area (Å²) in [4.78, 5) is 22.2. The Labute approximate surface area is 106 Å². The summed E-state index contributed by atoms with van der Waals surface area (Å²) in [5, 5.41) is 15.1. The molecule has 6 heteroatoms. The van der Waals surface area contributed by atoms with E-state index >= 15 is 0 Å². The van der Waals surface area contributed by atoms with E-state index in [4.69, 9.17) is 5.11 Å². The van der Waals surface area contributed by atoms with Gasteiger partial charge in [0, 0.05) is 6.54 Å². The zero-order valence-electron chi connectivity index (χ0n) is 10.9. The Hall–Kier alpha value is -1.85. The number of aliphatic carboxylic acids is 1. The monoisotopic (exact) mass is 253 g/mol. The van der Waals surface area contributed by atoms with Gasteiger partial charge in [-0.05, 0) is 12.3 Å². The normalized spacial score (nSPS) is 10.7. The van der Waals surface area contributed by atoms with Gasteiger partial charge in [0.2, 0.25) is 0 Å². The van der Waals surface area contributed by atoms with E-state index < -0.39 is 5.97 Å². The number of nitrogens with one attached hydrogen (secondary N) is 1. The second kappa shape index (κ2) is 6.18. The maximum absolute atomic E-state index is 11.8. The molecule has 0 aromatic carbocycles. The number of hydrogen-bond donors (Lipinski definition) is 2. The van der Waals surface area contributed by atoms with Crippen molar-refractivity contribution in [3.05, 3.63) is 17.5 Å². The van der Waals surface area contributed by atoms with Crippen molar-refractivity contribution >= 4 is 11.9 Å². The number of nitrogens with zero attached hydrogens (tertiary/aromatic N) is 2. The van der Waals surface area contributed by atoms with Gasteiger partial charge in [0.15, 0.2) is 0 Å². The molecule has 0 saturated heterocycles. The van der Waals surface area contributed by atoms with Crippen LogP contribution < -0.4 is 5.32 Å². The van der Waals surface area contributed by atoms with Crippen molar-refractivity contribution in [2.45, 2.75) is 33.7 Å². The van der Waals surface area contributed by atoms with Gasteiger partial charge >= 0.3 is 5.97 Å². The van der Waals surface area contributed by atoms with Crippen molar-refractivity contribution in [2.24, 2.45) is 5.92 Å². The quantitative estimate of drug-likeness (QED) is 0.789. The summed E-state index contributed by atoms with van der Waals surface area (Å²) in [6.07, 6.45) is 2.18. The van der Waals surface area contributed by atoms with Crippen LogP contribution in [0.15, 0.2) is 6.20 Å². The van der Waals surface area contributed by atoms with E-state index in [1.807, 2.05) is 6.92 Å². The SMILES string of the molecule is CCc1c(C(=O)NCC(=O)O)cnn1CC(C)C. The van der Waals surface area contributed by atoms with Crippen LogP contribution >= 0.6 is 0 Å². The highest BCUT2D eigenvalue weighted by Crippen LogP contribution is 2.11. The molecular formula is C12H19N3O3. The minimum absolute atomic E-state index is 0.378. The Morgan fingerprint density at radius 3 is 2.67 bits per heavy atom. The fourth-order valence-electron chi connectivity index (χ4n) is 1.73. The number of carbonyl (C=O) groups is 2. The van der Waals surface area contributed by atoms with E-state index in [0.717, 1.165) is 12.2 Å². The van der Waals surface area contributed by atoms with Gasteiger partial charge in [-0.1, -0.05) is 20.8 Å². The van der Waals surface area contributed by atoms with E-state index in [1.54, 1.807) is 4.68 Å². The Morgan fingerprint density at radius 1 is 1.50 bits per heavy atom. The summed E-state index contributed by atoms with van der Waals surface area (Å²) in [7, 11) is 0. The Morgan fingerprint density at radius 2 is 2.17 bits per heavy atom. The largest absolute Gasteiger partial charge is 0.480 e. The van der Waals surface area contributed by atoms with Gasteiger partial charge < -0.3 is 10.4 Å². The Bertz CT molecular complexity index is 438. The molecule has 0 spiro atoms. The van der Waals surface area contributed by atoms with E-state index in [-0.39, 0.29) is 12.5 Å². The van der Waals surface area contributed by atoms with Crippen molar-refractivity contribution < 1.29 is 14.7 Å². The fraction of sp³-hybridized carbons (Fsp3) is 0.583. The number of amides is 1. The number of rotatable bonds is 6. The van der Waals surface area contributed by atoms with E-state index in [0.29, 0.717) is 17.9 Å². The third-order valence-electron chi connectivity index (χ3n) is 2.47. The molecule has 18 heavy (non-hydrogen) atoms. The molecule has 6 nitrogen and oxygen atoms in total. The lowest BCUT2D eigenvalue weighted by molar-refractivity contribution is -0.135. The van der Waals surface area contributed by atoms with Crippen molar-refractivity contribution in [1.29, 1.82) is 0 Å². The fourth-order valence-corrected chi connectivity index (χ4v) is 1.73. The topological polar surface area (TPSA) is 84.2 Å². The summed E-state index contributed by atoms with van der Waals surface area (Å²) >= 11 is 0. The molecule has 0 aliphatic rings. The molecule has 100 valence electrons. The Kier molecular flexibility index (Phi) is 4.88. The van der Waals surface area contributed by atoms with Gasteiger partial charge in [-0.2, -0.15) is 5.10 Å². The maximum atomic E-state index is 11.8. The lowest BCUT2D eigenvalue weighted by atomic mass is 10.1. The first-order valence-electron chi connectivity index (χ1n) is 6.00. The van der Waals surface area contributed by atoms with Crippen LogP contribution in [0.4, 0.5) is 0 Å². The number of carboxylic acid groups (broad SMARTS) is 1. The number of carboxylic acids is 1. The third-order valence-corrected chi connectivity index (χ3v) is 2.47. The number of carbonyl (C=O) groups excluding carboxylic acids is 1. The number of hydrogen-bond acceptors (Lipinski definition) is 3. The zero-order valence-corrected chi connectivity index (χ0v) is 10.9. The van der Waals surface area contributed by atoms with E-state index in [1.165, 1.54) is 6.20 Å². The van der Waals surface area contributed by atoms with Crippen LogP contribution in [-0.2, 0) is 17.8 Å². The highest BCUT2D eigenvalue weighted by Gasteiger charge is 2.16. The van der Waals surface area contributed by atoms with Crippen LogP contribution in [0.2, 0.25) is 0 Å². The smallest absolute Gasteiger partial charge is 0.322 e. The van der Waals surface area contributed by atoms with Crippen LogP contribution in [0.1, 0.15) is 36.8 Å². The van der Waals surface area contributed by atoms with Crippen LogP contribution in [-0.4, -0.2) is 33.3 Å². The Balaban J connectivity index is 2.85. The first-order valence-corrected chi connectivity index (χ1v) is 6.00. The predicted octanol–water partition coefficient (Wildman–Crippen LogP) is 0.916. The highest BCUT2D eigenvalue weighted by molar-refractivity contribution is 5.96. The van der Waals surface area contributed by atoms with Gasteiger partial charge in [0.1, 0.15) is 6.54 Å². The molecule has 0 aliphatic heterocycles. The molecule has 1 amide bonds. The van der Waals surface area contributed by atoms with Gasteiger partial charge in [-0.3, -0.25) is 14.3 Å². The van der Waals surface area contributed by atoms with Gasteiger partial charge in [-0.25, -0.2) is 0 Å². The van der Waals surface area contributed by atoms with Crippen LogP contribution in [0.25, 0.3) is 0 Å². The molecule has 2 N–H and O–H groups in total. The molecule has 0 fully saturated rings. The van der Waals surface area contributed by atoms with Crippen molar-refractivity contribution in [1.82, 2.24) is 15.1 Å². The molecule has 1 aromatic rings. The minimum Gasteiger partial charge on any atom is -0.480 e. The van der Waals surface area contributed by atoms with Crippen LogP contribution in [0, 0.1) is 5.92 Å². The molecule has 1 heterocycles. The summed E-state index contributed by atoms with van der Waals surface area (Å²) in [5.74, 6) is -1.01. The number of aromatic nitrogens is 2. The van der Waals surface area contributed by atoms with Gasteiger partial charge in [0.25, 0.3) is 5.91 Å². The molecule has 0 radical (unpaired) electrons. The predicted molar refractivity (Wildman–Crippen MR) is 66.4 cm³/mol. The molecular weight excluding hydrogens is 234 g/mol. The second-order valence-electron chi connectivity index (χ2n) is 4.51. The van der Waals surface area contributed by atoms with E-state index in [9.17, 15) is 9.59 Å². The van der Waals surface area contributed by atoms with Crippen molar-refractivity contribution in [3.63, 3.8) is 0 Å². The highest BCUT2D eigenvalue weighted by atomic mass is 16.4. The minimum atomic E-state index is -1.06. The standard InChI is InChI=1S/C12H19N3O3/c1-4-10-9(12(18)13-6-11(16)17)5-14-15(10)7-8(2)3/h5,8H,4,6-7H2,1-3H3,(H,13,18)(H,16,17). The first-order chi connectivity index (χ1) is 8.45. The molecule has 0 bridgehead atoms. The summed E-state index contributed by atoms with van der Waals surface area (Å²) < 4.78 is 1.81. The molecule has 0 unspecified atom stereocenters. The first kappa shape index (κ1) is 14.2. The maximum Gasteiger partial charge on any atom is 0.322 e. The average Bonchev–Trinajstić information content (AvgIpc) is 2.67. The van der Waals surface area contributed by atoms with Crippen LogP contribution in [0.5, 0.6) is 0 Å². The van der Waals surface area contributed by atoms with Crippen molar-refractivity contribution in [3.8, 4) is 0 Å². The van der Waals surface area contributed by atoms with Gasteiger partial charge in [0.05, 0.1) is 17.5 Å². The summed E-state index contributed by atoms with van der Waals surface area (Å²) in [6.45, 7) is 6.46. The average molecular weight is 253 g/mol. The lowest BCUT2D eigenvalue weighted by Gasteiger charge is -2.09. The van der Waals surface area contributed by atoms with Crippen molar-refractivity contribution in [2.75, 3.05) is 6.54 Å².